The van der Waals surface area contributed by atoms with Crippen molar-refractivity contribution in [3.63, 3.8) is 0 Å². The minimum absolute atomic E-state index is 0.0634. The topological polar surface area (TPSA) is 59.5 Å². The molecule has 152 valence electrons. The fourth-order valence-electron chi connectivity index (χ4n) is 5.01. The highest BCUT2D eigenvalue weighted by Crippen LogP contribution is 2.40. The van der Waals surface area contributed by atoms with Crippen molar-refractivity contribution in [1.82, 2.24) is 9.88 Å². The minimum atomic E-state index is -0.258. The maximum absolute atomic E-state index is 13.4. The van der Waals surface area contributed by atoms with Gasteiger partial charge in [0.2, 0.25) is 0 Å². The lowest BCUT2D eigenvalue weighted by molar-refractivity contribution is 0.0485. The molecule has 5 nitrogen and oxygen atoms in total. The van der Waals surface area contributed by atoms with Crippen molar-refractivity contribution in [2.45, 2.75) is 44.4 Å². The average molecular weight is 400 g/mol. The van der Waals surface area contributed by atoms with Crippen LogP contribution in [0.2, 0.25) is 0 Å². The van der Waals surface area contributed by atoms with E-state index in [1.54, 1.807) is 6.20 Å². The number of ether oxygens (including phenoxy) is 1. The van der Waals surface area contributed by atoms with Crippen LogP contribution in [0.5, 0.6) is 0 Å². The fraction of sp³-hybridized carbons (Fsp3) is 0.320. The third kappa shape index (κ3) is 3.45. The number of amides is 1. The summed E-state index contributed by atoms with van der Waals surface area (Å²) in [7, 11) is 0. The van der Waals surface area contributed by atoms with Gasteiger partial charge >= 0.3 is 6.09 Å². The van der Waals surface area contributed by atoms with Crippen molar-refractivity contribution >= 4 is 22.8 Å². The molecule has 2 aromatic carbocycles. The molecule has 0 radical (unpaired) electrons. The van der Waals surface area contributed by atoms with Crippen molar-refractivity contribution < 1.29 is 14.3 Å². The van der Waals surface area contributed by atoms with Gasteiger partial charge in [-0.2, -0.15) is 0 Å². The first-order valence-electron chi connectivity index (χ1n) is 10.6. The van der Waals surface area contributed by atoms with Gasteiger partial charge in [-0.3, -0.25) is 9.78 Å². The standard InChI is InChI=1S/C25H24N2O3/c28-24(22-12-13-26-23-9-5-4-8-21(22)23)18-14-19-10-11-20(15-18)27(19)25(29)30-16-17-6-2-1-3-7-17/h1-9,12-13,18-20H,10-11,14-16H2. The first kappa shape index (κ1) is 18.8. The molecule has 5 heteroatoms. The molecule has 0 aliphatic carbocycles. The van der Waals surface area contributed by atoms with E-state index in [4.69, 9.17) is 4.74 Å². The van der Waals surface area contributed by atoms with E-state index in [-0.39, 0.29) is 36.5 Å². The second-order valence-corrected chi connectivity index (χ2v) is 8.24. The number of hydrogen-bond acceptors (Lipinski definition) is 4. The minimum Gasteiger partial charge on any atom is -0.445 e. The molecular weight excluding hydrogens is 376 g/mol. The molecule has 2 unspecified atom stereocenters. The quantitative estimate of drug-likeness (QED) is 0.579. The lowest BCUT2D eigenvalue weighted by atomic mass is 9.84. The second-order valence-electron chi connectivity index (χ2n) is 8.24. The van der Waals surface area contributed by atoms with Crippen LogP contribution >= 0.6 is 0 Å². The summed E-state index contributed by atoms with van der Waals surface area (Å²) in [5.41, 5.74) is 2.56. The van der Waals surface area contributed by atoms with Gasteiger partial charge < -0.3 is 9.64 Å². The van der Waals surface area contributed by atoms with Crippen LogP contribution in [0.1, 0.15) is 41.6 Å². The molecule has 0 spiro atoms. The van der Waals surface area contributed by atoms with Gasteiger partial charge in [0.05, 0.1) is 5.52 Å². The van der Waals surface area contributed by atoms with Gasteiger partial charge in [-0.25, -0.2) is 4.79 Å². The zero-order valence-corrected chi connectivity index (χ0v) is 16.7. The molecule has 1 aromatic heterocycles. The highest BCUT2D eigenvalue weighted by Gasteiger charge is 2.46. The van der Waals surface area contributed by atoms with E-state index in [0.717, 1.165) is 34.9 Å². The Morgan fingerprint density at radius 2 is 1.63 bits per heavy atom. The van der Waals surface area contributed by atoms with Crippen LogP contribution < -0.4 is 0 Å². The number of hydrogen-bond donors (Lipinski definition) is 0. The molecule has 2 bridgehead atoms. The Bertz CT molecular complexity index is 1060. The first-order valence-corrected chi connectivity index (χ1v) is 10.6. The molecule has 2 saturated heterocycles. The summed E-state index contributed by atoms with van der Waals surface area (Å²) in [6.07, 6.45) is 4.73. The molecule has 2 fully saturated rings. The number of para-hydroxylation sites is 1. The van der Waals surface area contributed by atoms with Crippen molar-refractivity contribution in [2.24, 2.45) is 5.92 Å². The number of fused-ring (bicyclic) bond motifs is 3. The molecule has 2 atom stereocenters. The third-order valence-electron chi connectivity index (χ3n) is 6.43. The van der Waals surface area contributed by atoms with Crippen LogP contribution in [0.4, 0.5) is 4.79 Å². The van der Waals surface area contributed by atoms with Crippen LogP contribution in [0.15, 0.2) is 66.9 Å². The highest BCUT2D eigenvalue weighted by molar-refractivity contribution is 6.08. The van der Waals surface area contributed by atoms with Crippen LogP contribution in [-0.4, -0.2) is 33.8 Å². The number of rotatable bonds is 4. The zero-order chi connectivity index (χ0) is 20.5. The lowest BCUT2D eigenvalue weighted by Crippen LogP contribution is -2.48. The van der Waals surface area contributed by atoms with Crippen molar-refractivity contribution in [3.05, 3.63) is 78.0 Å². The average Bonchev–Trinajstić information content (AvgIpc) is 3.06. The molecule has 0 N–H and O–H groups in total. The maximum atomic E-state index is 13.4. The van der Waals surface area contributed by atoms with Gasteiger partial charge in [-0.15, -0.1) is 0 Å². The van der Waals surface area contributed by atoms with E-state index in [1.807, 2.05) is 65.6 Å². The molecule has 0 saturated carbocycles. The highest BCUT2D eigenvalue weighted by atomic mass is 16.6. The van der Waals surface area contributed by atoms with Crippen LogP contribution in [0.3, 0.4) is 0 Å². The summed E-state index contributed by atoms with van der Waals surface area (Å²) in [5, 5.41) is 0.905. The number of Topliss-reactive ketones (excluding diaryl/α,β-unsaturated/α-hetero) is 1. The number of carbonyl (C=O) groups excluding carboxylic acids is 2. The summed E-state index contributed by atoms with van der Waals surface area (Å²) in [6.45, 7) is 0.279. The van der Waals surface area contributed by atoms with Gasteiger partial charge in [0, 0.05) is 35.1 Å². The van der Waals surface area contributed by atoms with Gasteiger partial charge in [-0.1, -0.05) is 48.5 Å². The van der Waals surface area contributed by atoms with E-state index in [1.165, 1.54) is 0 Å². The number of piperidine rings is 1. The molecule has 3 heterocycles. The van der Waals surface area contributed by atoms with Crippen molar-refractivity contribution in [3.8, 4) is 0 Å². The number of aromatic nitrogens is 1. The number of nitrogens with zero attached hydrogens (tertiary/aromatic N) is 2. The lowest BCUT2D eigenvalue weighted by Gasteiger charge is -2.37. The summed E-state index contributed by atoms with van der Waals surface area (Å²) in [5.74, 6) is 0.106. The smallest absolute Gasteiger partial charge is 0.410 e. The Morgan fingerprint density at radius 3 is 2.40 bits per heavy atom. The maximum Gasteiger partial charge on any atom is 0.410 e. The summed E-state index contributed by atoms with van der Waals surface area (Å²) in [4.78, 5) is 32.4. The van der Waals surface area contributed by atoms with Gasteiger partial charge in [-0.05, 0) is 43.4 Å². The van der Waals surface area contributed by atoms with Crippen LogP contribution in [0.25, 0.3) is 10.9 Å². The van der Waals surface area contributed by atoms with E-state index < -0.39 is 0 Å². The van der Waals surface area contributed by atoms with E-state index in [0.29, 0.717) is 12.8 Å². The Hall–Kier alpha value is -3.21. The predicted molar refractivity (Wildman–Crippen MR) is 114 cm³/mol. The predicted octanol–water partition coefficient (Wildman–Crippen LogP) is 5.00. The van der Waals surface area contributed by atoms with Gasteiger partial charge in [0.15, 0.2) is 5.78 Å². The molecule has 5 rings (SSSR count). The summed E-state index contributed by atoms with van der Waals surface area (Å²) in [6, 6.07) is 19.5. The molecule has 30 heavy (non-hydrogen) atoms. The first-order chi connectivity index (χ1) is 14.7. The Labute approximate surface area is 175 Å². The molecule has 3 aromatic rings. The zero-order valence-electron chi connectivity index (χ0n) is 16.7. The van der Waals surface area contributed by atoms with Gasteiger partial charge in [0.25, 0.3) is 0 Å². The summed E-state index contributed by atoms with van der Waals surface area (Å²) >= 11 is 0. The van der Waals surface area contributed by atoms with E-state index in [2.05, 4.69) is 4.98 Å². The Morgan fingerprint density at radius 1 is 0.933 bits per heavy atom. The van der Waals surface area contributed by atoms with Crippen molar-refractivity contribution in [1.29, 1.82) is 0 Å². The second kappa shape index (κ2) is 7.90. The van der Waals surface area contributed by atoms with Crippen LogP contribution in [0, 0.1) is 5.92 Å². The van der Waals surface area contributed by atoms with Crippen molar-refractivity contribution in [2.75, 3.05) is 0 Å². The number of carbonyl (C=O) groups is 2. The normalized spacial score (nSPS) is 22.8. The SMILES string of the molecule is O=C(c1ccnc2ccccc12)C1CC2CCC(C1)N2C(=O)OCc1ccccc1. The van der Waals surface area contributed by atoms with Gasteiger partial charge in [0.1, 0.15) is 6.61 Å². The van der Waals surface area contributed by atoms with E-state index in [9.17, 15) is 9.59 Å². The molecule has 2 aliphatic rings. The number of ketones is 1. The van der Waals surface area contributed by atoms with E-state index >= 15 is 0 Å². The molecule has 1 amide bonds. The Kier molecular flexibility index (Phi) is 4.95. The summed E-state index contributed by atoms with van der Waals surface area (Å²) < 4.78 is 5.58. The number of benzene rings is 2. The Balaban J connectivity index is 1.29. The van der Waals surface area contributed by atoms with Crippen LogP contribution in [-0.2, 0) is 11.3 Å². The fourth-order valence-corrected chi connectivity index (χ4v) is 5.01. The monoisotopic (exact) mass is 400 g/mol. The number of pyridine rings is 1. The third-order valence-corrected chi connectivity index (χ3v) is 6.43. The molecular formula is C25H24N2O3. The largest absolute Gasteiger partial charge is 0.445 e. The molecule has 2 aliphatic heterocycles.